The van der Waals surface area contributed by atoms with E-state index in [-0.39, 0.29) is 5.91 Å². The highest BCUT2D eigenvalue weighted by atomic mass is 16.4. The van der Waals surface area contributed by atoms with Crippen molar-refractivity contribution in [2.45, 2.75) is 20.4 Å². The molecular formula is C23H20N2O3. The van der Waals surface area contributed by atoms with Gasteiger partial charge in [-0.1, -0.05) is 48.0 Å². The van der Waals surface area contributed by atoms with Gasteiger partial charge in [0.1, 0.15) is 0 Å². The van der Waals surface area contributed by atoms with E-state index in [1.54, 1.807) is 22.8 Å². The average Bonchev–Trinajstić information content (AvgIpc) is 3.00. The highest BCUT2D eigenvalue weighted by molar-refractivity contribution is 6.06. The Balaban J connectivity index is 1.68. The van der Waals surface area contributed by atoms with E-state index in [0.29, 0.717) is 23.2 Å². The predicted molar refractivity (Wildman–Crippen MR) is 110 cm³/mol. The van der Waals surface area contributed by atoms with Crippen LogP contribution >= 0.6 is 0 Å². The maximum absolute atomic E-state index is 12.7. The van der Waals surface area contributed by atoms with Gasteiger partial charge in [-0.05, 0) is 49.2 Å². The summed E-state index contributed by atoms with van der Waals surface area (Å²) in [5.74, 6) is -0.668. The Kier molecular flexibility index (Phi) is 4.57. The molecule has 0 unspecified atom stereocenters. The standard InChI is InChI=1S/C23H20N2O3/c1-15-7-9-17(10-8-15)14-25-20-13-18(11-12-21(20)28-23(25)27)22(26)24-19-6-4-3-5-16(19)2/h3-13H,14H2,1-2H3,(H,24,26). The number of rotatable bonds is 4. The van der Waals surface area contributed by atoms with Gasteiger partial charge in [-0.15, -0.1) is 0 Å². The zero-order valence-corrected chi connectivity index (χ0v) is 15.7. The first-order valence-corrected chi connectivity index (χ1v) is 9.07. The summed E-state index contributed by atoms with van der Waals surface area (Å²) in [4.78, 5) is 25.0. The van der Waals surface area contributed by atoms with Crippen LogP contribution in [-0.4, -0.2) is 10.5 Å². The van der Waals surface area contributed by atoms with Crippen molar-refractivity contribution in [3.05, 3.63) is 99.5 Å². The molecule has 0 saturated carbocycles. The normalized spacial score (nSPS) is 10.9. The van der Waals surface area contributed by atoms with E-state index in [4.69, 9.17) is 4.42 Å². The predicted octanol–water partition coefficient (Wildman–Crippen LogP) is 4.51. The van der Waals surface area contributed by atoms with Crippen LogP contribution in [0, 0.1) is 13.8 Å². The smallest absolute Gasteiger partial charge is 0.408 e. The van der Waals surface area contributed by atoms with Crippen LogP contribution in [-0.2, 0) is 6.54 Å². The highest BCUT2D eigenvalue weighted by Crippen LogP contribution is 2.19. The van der Waals surface area contributed by atoms with Gasteiger partial charge in [-0.3, -0.25) is 9.36 Å². The molecule has 0 bridgehead atoms. The summed E-state index contributed by atoms with van der Waals surface area (Å²) in [6, 6.07) is 20.6. The molecule has 1 heterocycles. The third-order valence-electron chi connectivity index (χ3n) is 4.78. The summed E-state index contributed by atoms with van der Waals surface area (Å²) >= 11 is 0. The number of hydrogen-bond acceptors (Lipinski definition) is 3. The lowest BCUT2D eigenvalue weighted by atomic mass is 10.1. The lowest BCUT2D eigenvalue weighted by Crippen LogP contribution is -2.16. The second-order valence-corrected chi connectivity index (χ2v) is 6.89. The topological polar surface area (TPSA) is 64.2 Å². The lowest BCUT2D eigenvalue weighted by Gasteiger charge is -2.08. The zero-order chi connectivity index (χ0) is 19.7. The molecule has 0 spiro atoms. The maximum Gasteiger partial charge on any atom is 0.420 e. The first kappa shape index (κ1) is 17.8. The molecule has 0 atom stereocenters. The van der Waals surface area contributed by atoms with Crippen molar-refractivity contribution in [2.24, 2.45) is 0 Å². The van der Waals surface area contributed by atoms with E-state index in [2.05, 4.69) is 5.32 Å². The van der Waals surface area contributed by atoms with Gasteiger partial charge in [-0.2, -0.15) is 0 Å². The van der Waals surface area contributed by atoms with E-state index < -0.39 is 5.76 Å². The van der Waals surface area contributed by atoms with E-state index in [9.17, 15) is 9.59 Å². The van der Waals surface area contributed by atoms with Crippen LogP contribution < -0.4 is 11.1 Å². The first-order valence-electron chi connectivity index (χ1n) is 9.07. The molecule has 1 aromatic heterocycles. The molecule has 0 saturated heterocycles. The number of amides is 1. The summed E-state index contributed by atoms with van der Waals surface area (Å²) in [7, 11) is 0. The number of para-hydroxylation sites is 1. The molecule has 0 fully saturated rings. The molecule has 5 heteroatoms. The van der Waals surface area contributed by atoms with Gasteiger partial charge in [0.2, 0.25) is 0 Å². The molecule has 0 aliphatic heterocycles. The van der Waals surface area contributed by atoms with Crippen molar-refractivity contribution in [1.29, 1.82) is 0 Å². The molecule has 1 N–H and O–H groups in total. The molecule has 0 aliphatic rings. The Morgan fingerprint density at radius 1 is 1.00 bits per heavy atom. The highest BCUT2D eigenvalue weighted by Gasteiger charge is 2.14. The average molecular weight is 372 g/mol. The molecule has 28 heavy (non-hydrogen) atoms. The van der Waals surface area contributed by atoms with Crippen molar-refractivity contribution in [1.82, 2.24) is 4.57 Å². The fraction of sp³-hybridized carbons (Fsp3) is 0.130. The van der Waals surface area contributed by atoms with E-state index >= 15 is 0 Å². The fourth-order valence-electron chi connectivity index (χ4n) is 3.14. The summed E-state index contributed by atoms with van der Waals surface area (Å²) in [5.41, 5.74) is 5.42. The van der Waals surface area contributed by atoms with Crippen molar-refractivity contribution in [3.63, 3.8) is 0 Å². The first-order chi connectivity index (χ1) is 13.5. The summed E-state index contributed by atoms with van der Waals surface area (Å²) in [6.07, 6.45) is 0. The summed E-state index contributed by atoms with van der Waals surface area (Å²) < 4.78 is 6.89. The number of carbonyl (C=O) groups excluding carboxylic acids is 1. The maximum atomic E-state index is 12.7. The molecule has 5 nitrogen and oxygen atoms in total. The van der Waals surface area contributed by atoms with Gasteiger partial charge in [0.15, 0.2) is 5.58 Å². The van der Waals surface area contributed by atoms with Crippen LogP contribution in [0.5, 0.6) is 0 Å². The van der Waals surface area contributed by atoms with Crippen LogP contribution in [0.4, 0.5) is 5.69 Å². The Labute approximate surface area is 162 Å². The summed E-state index contributed by atoms with van der Waals surface area (Å²) in [5, 5.41) is 2.92. The van der Waals surface area contributed by atoms with Crippen molar-refractivity contribution >= 4 is 22.7 Å². The number of aromatic nitrogens is 1. The Morgan fingerprint density at radius 2 is 1.75 bits per heavy atom. The minimum Gasteiger partial charge on any atom is -0.408 e. The van der Waals surface area contributed by atoms with Gasteiger partial charge in [0, 0.05) is 11.3 Å². The molecule has 0 aliphatic carbocycles. The third-order valence-corrected chi connectivity index (χ3v) is 4.78. The second kappa shape index (κ2) is 7.19. The molecule has 1 amide bonds. The number of fused-ring (bicyclic) bond motifs is 1. The molecule has 3 aromatic carbocycles. The van der Waals surface area contributed by atoms with Gasteiger partial charge in [-0.25, -0.2) is 4.79 Å². The van der Waals surface area contributed by atoms with Crippen LogP contribution in [0.25, 0.3) is 11.1 Å². The minimum absolute atomic E-state index is 0.230. The van der Waals surface area contributed by atoms with Gasteiger partial charge >= 0.3 is 5.76 Å². The number of nitrogens with one attached hydrogen (secondary N) is 1. The molecular weight excluding hydrogens is 352 g/mol. The minimum atomic E-state index is -0.438. The number of carbonyl (C=O) groups is 1. The Bertz CT molecular complexity index is 1220. The van der Waals surface area contributed by atoms with Crippen molar-refractivity contribution in [3.8, 4) is 0 Å². The van der Waals surface area contributed by atoms with Crippen LogP contribution in [0.1, 0.15) is 27.0 Å². The molecule has 0 radical (unpaired) electrons. The van der Waals surface area contributed by atoms with E-state index in [1.165, 1.54) is 0 Å². The van der Waals surface area contributed by atoms with Crippen molar-refractivity contribution in [2.75, 3.05) is 5.32 Å². The van der Waals surface area contributed by atoms with Crippen LogP contribution in [0.15, 0.2) is 75.9 Å². The monoisotopic (exact) mass is 372 g/mol. The quantitative estimate of drug-likeness (QED) is 0.573. The Morgan fingerprint density at radius 3 is 2.50 bits per heavy atom. The van der Waals surface area contributed by atoms with E-state index in [1.807, 2.05) is 62.4 Å². The second-order valence-electron chi connectivity index (χ2n) is 6.89. The largest absolute Gasteiger partial charge is 0.420 e. The summed E-state index contributed by atoms with van der Waals surface area (Å²) in [6.45, 7) is 4.34. The van der Waals surface area contributed by atoms with Crippen LogP contribution in [0.2, 0.25) is 0 Å². The van der Waals surface area contributed by atoms with Gasteiger partial charge in [0.25, 0.3) is 5.91 Å². The number of nitrogens with zero attached hydrogens (tertiary/aromatic N) is 1. The SMILES string of the molecule is Cc1ccc(Cn2c(=O)oc3ccc(C(=O)Nc4ccccc4C)cc32)cc1. The fourth-order valence-corrected chi connectivity index (χ4v) is 3.14. The number of benzene rings is 3. The van der Waals surface area contributed by atoms with Crippen LogP contribution in [0.3, 0.4) is 0 Å². The number of aryl methyl sites for hydroxylation is 2. The van der Waals surface area contributed by atoms with E-state index in [0.717, 1.165) is 22.4 Å². The number of anilines is 1. The Hall–Kier alpha value is -3.60. The molecule has 4 aromatic rings. The van der Waals surface area contributed by atoms with Gasteiger partial charge in [0.05, 0.1) is 12.1 Å². The van der Waals surface area contributed by atoms with Gasteiger partial charge < -0.3 is 9.73 Å². The molecule has 140 valence electrons. The molecule has 4 rings (SSSR count). The van der Waals surface area contributed by atoms with Crippen molar-refractivity contribution < 1.29 is 9.21 Å². The lowest BCUT2D eigenvalue weighted by molar-refractivity contribution is 0.102. The number of oxazole rings is 1. The number of hydrogen-bond donors (Lipinski definition) is 1. The zero-order valence-electron chi connectivity index (χ0n) is 15.7. The third kappa shape index (κ3) is 3.47.